The van der Waals surface area contributed by atoms with Gasteiger partial charge in [-0.3, -0.25) is 4.79 Å². The SMILES string of the molecule is Cc1noc(C)c1CN(C)C(=O)COCCOc1ccccc1. The number of amides is 1. The summed E-state index contributed by atoms with van der Waals surface area (Å²) >= 11 is 0. The van der Waals surface area contributed by atoms with Gasteiger partial charge in [0.05, 0.1) is 18.8 Å². The maximum absolute atomic E-state index is 12.0. The van der Waals surface area contributed by atoms with E-state index < -0.39 is 0 Å². The largest absolute Gasteiger partial charge is 0.491 e. The highest BCUT2D eigenvalue weighted by Gasteiger charge is 2.15. The van der Waals surface area contributed by atoms with Gasteiger partial charge in [0.25, 0.3) is 0 Å². The van der Waals surface area contributed by atoms with Crippen LogP contribution in [0.5, 0.6) is 5.75 Å². The van der Waals surface area contributed by atoms with Crippen molar-refractivity contribution in [1.82, 2.24) is 10.1 Å². The quantitative estimate of drug-likeness (QED) is 0.699. The Morgan fingerprint density at radius 1 is 1.22 bits per heavy atom. The van der Waals surface area contributed by atoms with E-state index in [9.17, 15) is 4.79 Å². The van der Waals surface area contributed by atoms with E-state index in [1.54, 1.807) is 11.9 Å². The highest BCUT2D eigenvalue weighted by Crippen LogP contribution is 2.14. The summed E-state index contributed by atoms with van der Waals surface area (Å²) in [6.45, 7) is 4.96. The maximum Gasteiger partial charge on any atom is 0.248 e. The Labute approximate surface area is 136 Å². The molecule has 0 unspecified atom stereocenters. The number of aryl methyl sites for hydroxylation is 2. The minimum atomic E-state index is -0.0929. The smallest absolute Gasteiger partial charge is 0.248 e. The Morgan fingerprint density at radius 2 is 1.96 bits per heavy atom. The highest BCUT2D eigenvalue weighted by molar-refractivity contribution is 5.77. The molecule has 1 aromatic heterocycles. The summed E-state index contributed by atoms with van der Waals surface area (Å²) in [5, 5.41) is 3.88. The van der Waals surface area contributed by atoms with Crippen LogP contribution >= 0.6 is 0 Å². The first-order chi connectivity index (χ1) is 11.1. The van der Waals surface area contributed by atoms with Gasteiger partial charge in [-0.15, -0.1) is 0 Å². The zero-order valence-corrected chi connectivity index (χ0v) is 13.7. The summed E-state index contributed by atoms with van der Waals surface area (Å²) in [7, 11) is 1.73. The van der Waals surface area contributed by atoms with Crippen molar-refractivity contribution in [3.63, 3.8) is 0 Å². The molecule has 23 heavy (non-hydrogen) atoms. The van der Waals surface area contributed by atoms with Crippen LogP contribution in [-0.4, -0.2) is 42.8 Å². The Morgan fingerprint density at radius 3 is 2.61 bits per heavy atom. The summed E-state index contributed by atoms with van der Waals surface area (Å²) in [6, 6.07) is 9.49. The summed E-state index contributed by atoms with van der Waals surface area (Å²) in [5.41, 5.74) is 1.74. The summed E-state index contributed by atoms with van der Waals surface area (Å²) in [4.78, 5) is 13.6. The standard InChI is InChI=1S/C17H22N2O4/c1-13-16(14(2)23-18-13)11-19(3)17(20)12-21-9-10-22-15-7-5-4-6-8-15/h4-8H,9-12H2,1-3H3. The number of rotatable bonds is 8. The van der Waals surface area contributed by atoms with Crippen molar-refractivity contribution < 1.29 is 18.8 Å². The first-order valence-corrected chi connectivity index (χ1v) is 7.49. The Balaban J connectivity index is 1.66. The summed E-state index contributed by atoms with van der Waals surface area (Å²) in [5.74, 6) is 1.43. The van der Waals surface area contributed by atoms with Crippen molar-refractivity contribution in [2.75, 3.05) is 26.9 Å². The van der Waals surface area contributed by atoms with E-state index in [0.717, 1.165) is 22.8 Å². The van der Waals surface area contributed by atoms with Crippen LogP contribution in [0.4, 0.5) is 0 Å². The molecule has 124 valence electrons. The molecule has 2 aromatic rings. The van der Waals surface area contributed by atoms with Gasteiger partial charge in [0, 0.05) is 12.6 Å². The zero-order valence-electron chi connectivity index (χ0n) is 13.7. The molecule has 0 bridgehead atoms. The average molecular weight is 318 g/mol. The van der Waals surface area contributed by atoms with Crippen LogP contribution in [-0.2, 0) is 16.1 Å². The molecule has 0 aliphatic heterocycles. The van der Waals surface area contributed by atoms with Gasteiger partial charge in [0.15, 0.2) is 0 Å². The monoisotopic (exact) mass is 318 g/mol. The molecule has 1 aromatic carbocycles. The third-order valence-electron chi connectivity index (χ3n) is 3.47. The number of ether oxygens (including phenoxy) is 2. The van der Waals surface area contributed by atoms with Crippen molar-refractivity contribution in [1.29, 1.82) is 0 Å². The van der Waals surface area contributed by atoms with Gasteiger partial charge >= 0.3 is 0 Å². The Kier molecular flexibility index (Phi) is 6.17. The molecular formula is C17H22N2O4. The number of aromatic nitrogens is 1. The Bertz CT molecular complexity index is 605. The lowest BCUT2D eigenvalue weighted by molar-refractivity contribution is -0.135. The van der Waals surface area contributed by atoms with E-state index >= 15 is 0 Å². The van der Waals surface area contributed by atoms with E-state index in [-0.39, 0.29) is 12.5 Å². The fraction of sp³-hybridized carbons (Fsp3) is 0.412. The first kappa shape index (κ1) is 17.0. The van der Waals surface area contributed by atoms with Crippen molar-refractivity contribution in [2.45, 2.75) is 20.4 Å². The van der Waals surface area contributed by atoms with Gasteiger partial charge < -0.3 is 18.9 Å². The third kappa shape index (κ3) is 5.10. The number of hydrogen-bond acceptors (Lipinski definition) is 5. The first-order valence-electron chi connectivity index (χ1n) is 7.49. The van der Waals surface area contributed by atoms with Crippen molar-refractivity contribution in [3.8, 4) is 5.75 Å². The van der Waals surface area contributed by atoms with Gasteiger partial charge in [-0.25, -0.2) is 0 Å². The van der Waals surface area contributed by atoms with E-state index in [2.05, 4.69) is 5.16 Å². The molecule has 0 saturated carbocycles. The van der Waals surface area contributed by atoms with Crippen molar-refractivity contribution in [2.24, 2.45) is 0 Å². The van der Waals surface area contributed by atoms with E-state index in [0.29, 0.717) is 19.8 Å². The van der Waals surface area contributed by atoms with Crippen LogP contribution in [0.15, 0.2) is 34.9 Å². The Hall–Kier alpha value is -2.34. The molecule has 0 fully saturated rings. The van der Waals surface area contributed by atoms with Gasteiger partial charge in [-0.05, 0) is 26.0 Å². The maximum atomic E-state index is 12.0. The van der Waals surface area contributed by atoms with Gasteiger partial charge in [0.2, 0.25) is 5.91 Å². The van der Waals surface area contributed by atoms with Gasteiger partial charge in [-0.2, -0.15) is 0 Å². The summed E-state index contributed by atoms with van der Waals surface area (Å²) in [6.07, 6.45) is 0. The highest BCUT2D eigenvalue weighted by atomic mass is 16.5. The molecule has 6 heteroatoms. The molecule has 0 aliphatic rings. The van der Waals surface area contributed by atoms with E-state index in [1.807, 2.05) is 44.2 Å². The molecule has 0 N–H and O–H groups in total. The van der Waals surface area contributed by atoms with Crippen LogP contribution in [0.3, 0.4) is 0 Å². The molecule has 0 atom stereocenters. The van der Waals surface area contributed by atoms with E-state index in [4.69, 9.17) is 14.0 Å². The number of para-hydroxylation sites is 1. The zero-order chi connectivity index (χ0) is 16.7. The topological polar surface area (TPSA) is 64.8 Å². The second-order valence-electron chi connectivity index (χ2n) is 5.27. The van der Waals surface area contributed by atoms with Crippen LogP contribution in [0.25, 0.3) is 0 Å². The molecule has 0 saturated heterocycles. The number of hydrogen-bond donors (Lipinski definition) is 0. The molecule has 1 amide bonds. The predicted octanol–water partition coefficient (Wildman–Crippen LogP) is 2.35. The number of benzene rings is 1. The second-order valence-corrected chi connectivity index (χ2v) is 5.27. The minimum Gasteiger partial charge on any atom is -0.491 e. The lowest BCUT2D eigenvalue weighted by Gasteiger charge is -2.17. The second kappa shape index (κ2) is 8.33. The molecule has 0 radical (unpaired) electrons. The molecule has 6 nitrogen and oxygen atoms in total. The number of carbonyl (C=O) groups excluding carboxylic acids is 1. The van der Waals surface area contributed by atoms with Gasteiger partial charge in [0.1, 0.15) is 24.7 Å². The summed E-state index contributed by atoms with van der Waals surface area (Å²) < 4.78 is 16.0. The van der Waals surface area contributed by atoms with Crippen LogP contribution in [0, 0.1) is 13.8 Å². The molecule has 1 heterocycles. The molecule has 0 aliphatic carbocycles. The minimum absolute atomic E-state index is 0.0258. The predicted molar refractivity (Wildman–Crippen MR) is 85.2 cm³/mol. The molecule has 0 spiro atoms. The van der Waals surface area contributed by atoms with Crippen LogP contribution in [0.2, 0.25) is 0 Å². The normalized spacial score (nSPS) is 10.6. The van der Waals surface area contributed by atoms with Crippen LogP contribution in [0.1, 0.15) is 17.0 Å². The third-order valence-corrected chi connectivity index (χ3v) is 3.47. The van der Waals surface area contributed by atoms with Crippen LogP contribution < -0.4 is 4.74 Å². The van der Waals surface area contributed by atoms with E-state index in [1.165, 1.54) is 0 Å². The molecular weight excluding hydrogens is 296 g/mol. The van der Waals surface area contributed by atoms with Crippen molar-refractivity contribution in [3.05, 3.63) is 47.3 Å². The number of nitrogens with zero attached hydrogens (tertiary/aromatic N) is 2. The van der Waals surface area contributed by atoms with Gasteiger partial charge in [-0.1, -0.05) is 23.4 Å². The fourth-order valence-electron chi connectivity index (χ4n) is 2.06. The lowest BCUT2D eigenvalue weighted by Crippen LogP contribution is -2.30. The fourth-order valence-corrected chi connectivity index (χ4v) is 2.06. The number of likely N-dealkylation sites (N-methyl/N-ethyl adjacent to an activating group) is 1. The lowest BCUT2D eigenvalue weighted by atomic mass is 10.2. The molecule has 2 rings (SSSR count). The average Bonchev–Trinajstić information content (AvgIpc) is 2.87. The number of carbonyl (C=O) groups is 1. The van der Waals surface area contributed by atoms with Crippen molar-refractivity contribution >= 4 is 5.91 Å².